The van der Waals surface area contributed by atoms with Crippen LogP contribution in [0.1, 0.15) is 20.7 Å². The van der Waals surface area contributed by atoms with Crippen LogP contribution in [0.4, 0.5) is 11.7 Å². The molecule has 28 heavy (non-hydrogen) atoms. The topological polar surface area (TPSA) is 113 Å². The monoisotopic (exact) mass is 383 g/mol. The minimum Gasteiger partial charge on any atom is -0.497 e. The highest BCUT2D eigenvalue weighted by Crippen LogP contribution is 2.24. The number of carbonyl (C=O) groups is 2. The van der Waals surface area contributed by atoms with Gasteiger partial charge in [-0.2, -0.15) is 4.98 Å². The standard InChI is InChI=1S/C19H17N3O6/c1-25-15-6-4-11(5-7-15)16-21-19(28-22-16)20-14-9-12(17(23)26-2)8-13(10-14)18(24)27-3/h4-10H,1-3H3,(H,20,21,22). The van der Waals surface area contributed by atoms with Crippen molar-refractivity contribution in [3.63, 3.8) is 0 Å². The third-order valence-corrected chi connectivity index (χ3v) is 3.80. The van der Waals surface area contributed by atoms with Crippen LogP contribution in [0.3, 0.4) is 0 Å². The average Bonchev–Trinajstić information content (AvgIpc) is 3.20. The molecule has 3 rings (SSSR count). The maximum Gasteiger partial charge on any atom is 0.337 e. The molecule has 0 aliphatic carbocycles. The fraction of sp³-hybridized carbons (Fsp3) is 0.158. The summed E-state index contributed by atoms with van der Waals surface area (Å²) in [7, 11) is 4.08. The highest BCUT2D eigenvalue weighted by Gasteiger charge is 2.15. The number of nitrogens with one attached hydrogen (secondary N) is 1. The molecule has 0 saturated heterocycles. The average molecular weight is 383 g/mol. The molecule has 9 nitrogen and oxygen atoms in total. The first-order chi connectivity index (χ1) is 13.5. The lowest BCUT2D eigenvalue weighted by Crippen LogP contribution is -2.07. The van der Waals surface area contributed by atoms with E-state index >= 15 is 0 Å². The number of anilines is 2. The zero-order valence-corrected chi connectivity index (χ0v) is 15.4. The van der Waals surface area contributed by atoms with Crippen LogP contribution in [-0.2, 0) is 9.47 Å². The van der Waals surface area contributed by atoms with E-state index in [4.69, 9.17) is 18.7 Å². The lowest BCUT2D eigenvalue weighted by molar-refractivity contribution is 0.0599. The third kappa shape index (κ3) is 4.09. The van der Waals surface area contributed by atoms with Gasteiger partial charge in [-0.1, -0.05) is 5.16 Å². The van der Waals surface area contributed by atoms with Crippen LogP contribution in [0.5, 0.6) is 5.75 Å². The molecule has 0 fully saturated rings. The Balaban J connectivity index is 1.87. The van der Waals surface area contributed by atoms with E-state index in [-0.39, 0.29) is 17.1 Å². The molecule has 0 radical (unpaired) electrons. The van der Waals surface area contributed by atoms with Crippen molar-refractivity contribution in [2.75, 3.05) is 26.6 Å². The molecule has 2 aromatic carbocycles. The molecule has 0 atom stereocenters. The number of hydrogen-bond acceptors (Lipinski definition) is 9. The summed E-state index contributed by atoms with van der Waals surface area (Å²) < 4.78 is 19.7. The van der Waals surface area contributed by atoms with E-state index in [1.165, 1.54) is 32.4 Å². The van der Waals surface area contributed by atoms with Gasteiger partial charge >= 0.3 is 18.0 Å². The largest absolute Gasteiger partial charge is 0.497 e. The number of ether oxygens (including phenoxy) is 3. The minimum absolute atomic E-state index is 0.0867. The van der Waals surface area contributed by atoms with Crippen molar-refractivity contribution in [2.45, 2.75) is 0 Å². The first kappa shape index (κ1) is 18.9. The van der Waals surface area contributed by atoms with E-state index in [1.807, 2.05) is 0 Å². The predicted molar refractivity (Wildman–Crippen MR) is 98.7 cm³/mol. The van der Waals surface area contributed by atoms with Gasteiger partial charge in [0, 0.05) is 11.3 Å². The second-order valence-electron chi connectivity index (χ2n) is 5.56. The molecule has 0 bridgehead atoms. The highest BCUT2D eigenvalue weighted by molar-refractivity contribution is 5.97. The van der Waals surface area contributed by atoms with Crippen molar-refractivity contribution in [1.82, 2.24) is 10.1 Å². The molecular formula is C19H17N3O6. The van der Waals surface area contributed by atoms with Crippen molar-refractivity contribution < 1.29 is 28.3 Å². The minimum atomic E-state index is -0.599. The Kier molecular flexibility index (Phi) is 5.54. The Morgan fingerprint density at radius 2 is 1.54 bits per heavy atom. The fourth-order valence-electron chi connectivity index (χ4n) is 2.43. The third-order valence-electron chi connectivity index (χ3n) is 3.80. The fourth-order valence-corrected chi connectivity index (χ4v) is 2.43. The van der Waals surface area contributed by atoms with Gasteiger partial charge < -0.3 is 24.1 Å². The summed E-state index contributed by atoms with van der Waals surface area (Å²) in [5.41, 5.74) is 1.45. The number of benzene rings is 2. The van der Waals surface area contributed by atoms with E-state index < -0.39 is 11.9 Å². The van der Waals surface area contributed by atoms with Crippen molar-refractivity contribution >= 4 is 23.6 Å². The Morgan fingerprint density at radius 3 is 2.07 bits per heavy atom. The molecule has 0 saturated carbocycles. The summed E-state index contributed by atoms with van der Waals surface area (Å²) in [4.78, 5) is 28.0. The summed E-state index contributed by atoms with van der Waals surface area (Å²) in [6, 6.07) is 11.6. The van der Waals surface area contributed by atoms with Crippen molar-refractivity contribution in [3.8, 4) is 17.1 Å². The second kappa shape index (κ2) is 8.21. The van der Waals surface area contributed by atoms with Crippen LogP contribution < -0.4 is 10.1 Å². The van der Waals surface area contributed by atoms with Crippen molar-refractivity contribution in [1.29, 1.82) is 0 Å². The van der Waals surface area contributed by atoms with Crippen molar-refractivity contribution in [2.24, 2.45) is 0 Å². The summed E-state index contributed by atoms with van der Waals surface area (Å²) >= 11 is 0. The Labute approximate surface area is 160 Å². The summed E-state index contributed by atoms with van der Waals surface area (Å²) in [5, 5.41) is 6.79. The van der Waals surface area contributed by atoms with E-state index in [0.717, 1.165) is 5.56 Å². The zero-order chi connectivity index (χ0) is 20.1. The molecule has 0 unspecified atom stereocenters. The van der Waals surface area contributed by atoms with Gasteiger partial charge in [-0.05, 0) is 42.5 Å². The van der Waals surface area contributed by atoms with Gasteiger partial charge in [0.25, 0.3) is 0 Å². The Bertz CT molecular complexity index is 963. The first-order valence-corrected chi connectivity index (χ1v) is 8.11. The number of esters is 2. The predicted octanol–water partition coefficient (Wildman–Crippen LogP) is 3.06. The SMILES string of the molecule is COC(=O)c1cc(Nc2nc(-c3ccc(OC)cc3)no2)cc(C(=O)OC)c1. The van der Waals surface area contributed by atoms with Gasteiger partial charge in [0.15, 0.2) is 0 Å². The van der Waals surface area contributed by atoms with Gasteiger partial charge in [-0.3, -0.25) is 0 Å². The molecular weight excluding hydrogens is 366 g/mol. The number of hydrogen-bond donors (Lipinski definition) is 1. The number of nitrogens with zero attached hydrogens (tertiary/aromatic N) is 2. The van der Waals surface area contributed by atoms with Gasteiger partial charge in [0.1, 0.15) is 5.75 Å². The summed E-state index contributed by atoms with van der Waals surface area (Å²) in [6.07, 6.45) is 0. The number of methoxy groups -OCH3 is 3. The van der Waals surface area contributed by atoms with Crippen LogP contribution in [0.15, 0.2) is 47.0 Å². The maximum absolute atomic E-state index is 11.9. The first-order valence-electron chi connectivity index (χ1n) is 8.11. The molecule has 0 aliphatic heterocycles. The van der Waals surface area contributed by atoms with E-state index in [0.29, 0.717) is 17.3 Å². The Hall–Kier alpha value is -3.88. The molecule has 3 aromatic rings. The summed E-state index contributed by atoms with van der Waals surface area (Å²) in [6.45, 7) is 0. The van der Waals surface area contributed by atoms with E-state index in [2.05, 4.69) is 15.5 Å². The van der Waals surface area contributed by atoms with Gasteiger partial charge in [0.05, 0.1) is 32.5 Å². The molecule has 1 aromatic heterocycles. The quantitative estimate of drug-likeness (QED) is 0.642. The van der Waals surface area contributed by atoms with Gasteiger partial charge in [-0.15, -0.1) is 0 Å². The lowest BCUT2D eigenvalue weighted by atomic mass is 10.1. The lowest BCUT2D eigenvalue weighted by Gasteiger charge is -2.07. The van der Waals surface area contributed by atoms with Crippen LogP contribution >= 0.6 is 0 Å². The molecule has 0 spiro atoms. The Morgan fingerprint density at radius 1 is 0.929 bits per heavy atom. The summed E-state index contributed by atoms with van der Waals surface area (Å²) in [5.74, 6) is -0.125. The van der Waals surface area contributed by atoms with Gasteiger partial charge in [0.2, 0.25) is 5.82 Å². The normalized spacial score (nSPS) is 10.2. The molecule has 144 valence electrons. The molecule has 1 heterocycles. The number of carbonyl (C=O) groups excluding carboxylic acids is 2. The van der Waals surface area contributed by atoms with Crippen LogP contribution in [-0.4, -0.2) is 43.4 Å². The van der Waals surface area contributed by atoms with E-state index in [9.17, 15) is 9.59 Å². The highest BCUT2D eigenvalue weighted by atomic mass is 16.5. The zero-order valence-electron chi connectivity index (χ0n) is 15.4. The number of aromatic nitrogens is 2. The van der Waals surface area contributed by atoms with Gasteiger partial charge in [-0.25, -0.2) is 9.59 Å². The molecule has 0 amide bonds. The molecule has 0 aliphatic rings. The maximum atomic E-state index is 11.9. The molecule has 9 heteroatoms. The van der Waals surface area contributed by atoms with Crippen LogP contribution in [0.2, 0.25) is 0 Å². The smallest absolute Gasteiger partial charge is 0.337 e. The van der Waals surface area contributed by atoms with Crippen LogP contribution in [0, 0.1) is 0 Å². The molecule has 1 N–H and O–H groups in total. The number of rotatable bonds is 6. The second-order valence-corrected chi connectivity index (χ2v) is 5.56. The van der Waals surface area contributed by atoms with Crippen LogP contribution in [0.25, 0.3) is 11.4 Å². The van der Waals surface area contributed by atoms with E-state index in [1.54, 1.807) is 31.4 Å². The van der Waals surface area contributed by atoms with Crippen molar-refractivity contribution in [3.05, 3.63) is 53.6 Å².